The zero-order chi connectivity index (χ0) is 13.2. The molecule has 3 heteroatoms. The van der Waals surface area contributed by atoms with Crippen molar-refractivity contribution in [2.45, 2.75) is 58.7 Å². The zero-order valence-electron chi connectivity index (χ0n) is 11.9. The average molecular weight is 254 g/mol. The van der Waals surface area contributed by atoms with Crippen molar-refractivity contribution in [1.29, 1.82) is 0 Å². The maximum absolute atomic E-state index is 5.61. The van der Waals surface area contributed by atoms with Gasteiger partial charge in [-0.15, -0.1) is 0 Å². The zero-order valence-corrected chi connectivity index (χ0v) is 11.9. The Labute approximate surface area is 111 Å². The number of hydrogen-bond acceptors (Lipinski definition) is 3. The molecule has 3 nitrogen and oxygen atoms in total. The molecule has 0 bridgehead atoms. The number of allylic oxidation sites excluding steroid dienone is 3. The second-order valence-electron chi connectivity index (χ2n) is 4.71. The van der Waals surface area contributed by atoms with Crippen molar-refractivity contribution in [3.05, 3.63) is 23.7 Å². The molecule has 104 valence electrons. The summed E-state index contributed by atoms with van der Waals surface area (Å²) in [5, 5.41) is 0. The lowest BCUT2D eigenvalue weighted by Crippen LogP contribution is -2.20. The van der Waals surface area contributed by atoms with E-state index in [1.54, 1.807) is 13.4 Å². The fourth-order valence-corrected chi connectivity index (χ4v) is 1.87. The highest BCUT2D eigenvalue weighted by Gasteiger charge is 2.12. The molecule has 1 fully saturated rings. The highest BCUT2D eigenvalue weighted by molar-refractivity contribution is 5.17. The van der Waals surface area contributed by atoms with E-state index < -0.39 is 0 Å². The Morgan fingerprint density at radius 2 is 2.22 bits per heavy atom. The van der Waals surface area contributed by atoms with Gasteiger partial charge in [-0.3, -0.25) is 0 Å². The van der Waals surface area contributed by atoms with Crippen LogP contribution in [0.3, 0.4) is 0 Å². The van der Waals surface area contributed by atoms with Gasteiger partial charge in [-0.2, -0.15) is 0 Å². The molecule has 0 N–H and O–H groups in total. The van der Waals surface area contributed by atoms with Crippen LogP contribution in [0.4, 0.5) is 0 Å². The largest absolute Gasteiger partial charge is 0.501 e. The van der Waals surface area contributed by atoms with Gasteiger partial charge in [-0.25, -0.2) is 0 Å². The monoisotopic (exact) mass is 254 g/mol. The molecule has 0 spiro atoms. The third kappa shape index (κ3) is 6.10. The van der Waals surface area contributed by atoms with Crippen LogP contribution in [0.15, 0.2) is 23.7 Å². The number of unbranched alkanes of at least 4 members (excludes halogenated alkanes) is 1. The van der Waals surface area contributed by atoms with Crippen LogP contribution in [-0.4, -0.2) is 20.0 Å². The van der Waals surface area contributed by atoms with Crippen LogP contribution >= 0.6 is 0 Å². The highest BCUT2D eigenvalue weighted by Crippen LogP contribution is 2.16. The number of hydrogen-bond donors (Lipinski definition) is 0. The lowest BCUT2D eigenvalue weighted by molar-refractivity contribution is -0.129. The smallest absolute Gasteiger partial charge is 0.198 e. The van der Waals surface area contributed by atoms with Gasteiger partial charge < -0.3 is 14.2 Å². The molecule has 1 rings (SSSR count). The Morgan fingerprint density at radius 3 is 2.83 bits per heavy atom. The van der Waals surface area contributed by atoms with E-state index in [9.17, 15) is 0 Å². The van der Waals surface area contributed by atoms with Crippen molar-refractivity contribution in [3.63, 3.8) is 0 Å². The average Bonchev–Trinajstić information content (AvgIpc) is 2.42. The lowest BCUT2D eigenvalue weighted by Gasteiger charge is -2.21. The number of ether oxygens (including phenoxy) is 3. The van der Waals surface area contributed by atoms with E-state index in [1.165, 1.54) is 12.8 Å². The van der Waals surface area contributed by atoms with E-state index in [2.05, 4.69) is 6.92 Å². The maximum Gasteiger partial charge on any atom is 0.198 e. The first kappa shape index (κ1) is 15.1. The van der Waals surface area contributed by atoms with Crippen molar-refractivity contribution in [3.8, 4) is 0 Å². The Morgan fingerprint density at radius 1 is 1.39 bits per heavy atom. The fourth-order valence-electron chi connectivity index (χ4n) is 1.87. The summed E-state index contributed by atoms with van der Waals surface area (Å²) in [4.78, 5) is 0. The molecule has 1 aliphatic rings. The predicted octanol–water partition coefficient (Wildman–Crippen LogP) is 4.15. The summed E-state index contributed by atoms with van der Waals surface area (Å²) in [6.07, 6.45) is 10.4. The Balaban J connectivity index is 2.40. The van der Waals surface area contributed by atoms with Crippen molar-refractivity contribution < 1.29 is 14.2 Å². The third-order valence-corrected chi connectivity index (χ3v) is 2.97. The molecule has 1 saturated heterocycles. The number of rotatable bonds is 7. The maximum atomic E-state index is 5.61. The molecule has 0 amide bonds. The summed E-state index contributed by atoms with van der Waals surface area (Å²) in [7, 11) is 1.72. The summed E-state index contributed by atoms with van der Waals surface area (Å²) in [5.41, 5.74) is 1.07. The minimum absolute atomic E-state index is 0.0660. The highest BCUT2D eigenvalue weighted by atomic mass is 16.7. The standard InChI is InChI=1S/C15H26O3/c1-4-5-8-14(16-3)11-13(2)12-18-15-9-6-7-10-17-15/h11-12,15H,4-10H2,1-3H3/b13-12-,14-11+. The van der Waals surface area contributed by atoms with Gasteiger partial charge >= 0.3 is 0 Å². The minimum atomic E-state index is -0.0660. The van der Waals surface area contributed by atoms with E-state index in [-0.39, 0.29) is 6.29 Å². The molecule has 0 aliphatic carbocycles. The van der Waals surface area contributed by atoms with Crippen molar-refractivity contribution >= 4 is 0 Å². The van der Waals surface area contributed by atoms with Gasteiger partial charge in [0.1, 0.15) is 0 Å². The van der Waals surface area contributed by atoms with Crippen LogP contribution in [0, 0.1) is 0 Å². The molecule has 1 aliphatic heterocycles. The van der Waals surface area contributed by atoms with Gasteiger partial charge in [0.05, 0.1) is 25.7 Å². The molecule has 1 atom stereocenters. The second-order valence-corrected chi connectivity index (χ2v) is 4.71. The van der Waals surface area contributed by atoms with Crippen LogP contribution < -0.4 is 0 Å². The Hall–Kier alpha value is -0.960. The number of methoxy groups -OCH3 is 1. The first-order chi connectivity index (χ1) is 8.76. The molecular weight excluding hydrogens is 228 g/mol. The van der Waals surface area contributed by atoms with Crippen molar-refractivity contribution in [2.24, 2.45) is 0 Å². The van der Waals surface area contributed by atoms with E-state index in [0.717, 1.165) is 43.6 Å². The minimum Gasteiger partial charge on any atom is -0.501 e. The summed E-state index contributed by atoms with van der Waals surface area (Å²) in [5.74, 6) is 1.01. The molecule has 0 aromatic carbocycles. The van der Waals surface area contributed by atoms with Crippen LogP contribution in [0.2, 0.25) is 0 Å². The van der Waals surface area contributed by atoms with Crippen molar-refractivity contribution in [1.82, 2.24) is 0 Å². The second kappa shape index (κ2) is 9.03. The SMILES string of the molecule is CCCC/C(=C\C(C)=C/OC1CCCCO1)OC. The van der Waals surface area contributed by atoms with Gasteiger partial charge in [0, 0.05) is 12.8 Å². The molecule has 1 unspecified atom stereocenters. The third-order valence-electron chi connectivity index (χ3n) is 2.97. The lowest BCUT2D eigenvalue weighted by atomic mass is 10.2. The Kier molecular flexibility index (Phi) is 7.58. The molecule has 0 aromatic heterocycles. The van der Waals surface area contributed by atoms with Gasteiger partial charge in [0.25, 0.3) is 0 Å². The first-order valence-electron chi connectivity index (χ1n) is 6.94. The van der Waals surface area contributed by atoms with E-state index >= 15 is 0 Å². The molecule has 0 aromatic rings. The first-order valence-corrected chi connectivity index (χ1v) is 6.94. The molecule has 0 saturated carbocycles. The van der Waals surface area contributed by atoms with E-state index in [4.69, 9.17) is 14.2 Å². The van der Waals surface area contributed by atoms with Crippen LogP contribution in [0.5, 0.6) is 0 Å². The summed E-state index contributed by atoms with van der Waals surface area (Å²) < 4.78 is 16.5. The quantitative estimate of drug-likeness (QED) is 0.504. The molecule has 0 radical (unpaired) electrons. The van der Waals surface area contributed by atoms with Gasteiger partial charge in [-0.05, 0) is 37.8 Å². The molecule has 18 heavy (non-hydrogen) atoms. The predicted molar refractivity (Wildman–Crippen MR) is 73.1 cm³/mol. The van der Waals surface area contributed by atoms with E-state index in [1.807, 2.05) is 13.0 Å². The van der Waals surface area contributed by atoms with Crippen LogP contribution in [-0.2, 0) is 14.2 Å². The molecular formula is C15H26O3. The van der Waals surface area contributed by atoms with Crippen LogP contribution in [0.25, 0.3) is 0 Å². The van der Waals surface area contributed by atoms with Gasteiger partial charge in [0.2, 0.25) is 0 Å². The van der Waals surface area contributed by atoms with Crippen molar-refractivity contribution in [2.75, 3.05) is 13.7 Å². The Bertz CT molecular complexity index is 275. The normalized spacial score (nSPS) is 21.8. The summed E-state index contributed by atoms with van der Waals surface area (Å²) in [6.45, 7) is 5.01. The van der Waals surface area contributed by atoms with Gasteiger partial charge in [0.15, 0.2) is 6.29 Å². The fraction of sp³-hybridized carbons (Fsp3) is 0.733. The van der Waals surface area contributed by atoms with E-state index in [0.29, 0.717) is 0 Å². The molecule has 1 heterocycles. The van der Waals surface area contributed by atoms with Gasteiger partial charge in [-0.1, -0.05) is 13.3 Å². The van der Waals surface area contributed by atoms with Crippen LogP contribution in [0.1, 0.15) is 52.4 Å². The topological polar surface area (TPSA) is 27.7 Å². The summed E-state index contributed by atoms with van der Waals surface area (Å²) in [6, 6.07) is 0. The summed E-state index contributed by atoms with van der Waals surface area (Å²) >= 11 is 0.